The molecule has 0 spiro atoms. The number of benzene rings is 1. The monoisotopic (exact) mass is 558 g/mol. The number of carbonyl (C=O) groups excluding carboxylic acids is 1. The van der Waals surface area contributed by atoms with Gasteiger partial charge in [-0.25, -0.2) is 9.79 Å². The Bertz CT molecular complexity index is 700. The van der Waals surface area contributed by atoms with Crippen molar-refractivity contribution >= 4 is 36.0 Å². The van der Waals surface area contributed by atoms with Crippen LogP contribution in [0.2, 0.25) is 0 Å². The Hall–Kier alpha value is -2.05. The molecule has 1 aromatic rings. The van der Waals surface area contributed by atoms with Crippen molar-refractivity contribution in [2.24, 2.45) is 4.99 Å². The molecule has 0 aromatic heterocycles. The van der Waals surface area contributed by atoms with Gasteiger partial charge in [0.2, 0.25) is 0 Å². The fourth-order valence-corrected chi connectivity index (χ4v) is 2.34. The summed E-state index contributed by atoms with van der Waals surface area (Å²) in [6, 6.07) is 4.91. The van der Waals surface area contributed by atoms with Gasteiger partial charge in [0.15, 0.2) is 17.5 Å². The average Bonchev–Trinajstić information content (AvgIpc) is 2.63. The van der Waals surface area contributed by atoms with Crippen LogP contribution < -0.4 is 25.4 Å². The van der Waals surface area contributed by atoms with Crippen LogP contribution in [0.15, 0.2) is 23.2 Å². The topological polar surface area (TPSA) is 93.2 Å². The lowest BCUT2D eigenvalue weighted by molar-refractivity contribution is -0.0520. The minimum atomic E-state index is -2.97. The number of aliphatic imine (C=N–C) groups is 1. The number of alkyl carbamates (subject to hydrolysis) is 1. The van der Waals surface area contributed by atoms with E-state index in [0.29, 0.717) is 37.8 Å². The lowest BCUT2D eigenvalue weighted by atomic mass is 10.2. The molecule has 1 rings (SSSR count). The summed E-state index contributed by atoms with van der Waals surface area (Å²) in [4.78, 5) is 16.1. The van der Waals surface area contributed by atoms with Gasteiger partial charge in [-0.3, -0.25) is 0 Å². The number of guanidine groups is 1. The summed E-state index contributed by atoms with van der Waals surface area (Å²) in [6.07, 6.45) is -0.507. The normalized spacial score (nSPS) is 11.4. The molecule has 0 aliphatic carbocycles. The number of nitrogens with one attached hydrogen (secondary N) is 3. The molecule has 31 heavy (non-hydrogen) atoms. The van der Waals surface area contributed by atoms with Crippen molar-refractivity contribution in [3.63, 3.8) is 0 Å². The van der Waals surface area contributed by atoms with Crippen LogP contribution in [0.4, 0.5) is 13.6 Å². The van der Waals surface area contributed by atoms with Gasteiger partial charge in [0.05, 0.1) is 13.2 Å². The highest BCUT2D eigenvalue weighted by Gasteiger charge is 2.16. The Morgan fingerprint density at radius 2 is 1.81 bits per heavy atom. The highest BCUT2D eigenvalue weighted by atomic mass is 127. The molecule has 0 fully saturated rings. The summed E-state index contributed by atoms with van der Waals surface area (Å²) >= 11 is 0. The van der Waals surface area contributed by atoms with Crippen molar-refractivity contribution in [3.8, 4) is 11.5 Å². The van der Waals surface area contributed by atoms with Gasteiger partial charge in [0.1, 0.15) is 5.60 Å². The van der Waals surface area contributed by atoms with E-state index in [1.165, 1.54) is 0 Å². The zero-order valence-corrected chi connectivity index (χ0v) is 20.9. The van der Waals surface area contributed by atoms with Gasteiger partial charge >= 0.3 is 12.7 Å². The molecule has 8 nitrogen and oxygen atoms in total. The predicted molar refractivity (Wildman–Crippen MR) is 127 cm³/mol. The highest BCUT2D eigenvalue weighted by Crippen LogP contribution is 2.33. The molecule has 0 atom stereocenters. The van der Waals surface area contributed by atoms with E-state index >= 15 is 0 Å². The van der Waals surface area contributed by atoms with E-state index < -0.39 is 18.3 Å². The van der Waals surface area contributed by atoms with E-state index in [0.717, 1.165) is 0 Å². The van der Waals surface area contributed by atoms with E-state index in [1.807, 2.05) is 6.92 Å². The molecular formula is C20H33F2IN4O4. The maximum Gasteiger partial charge on any atom is 0.407 e. The van der Waals surface area contributed by atoms with Crippen LogP contribution in [0.25, 0.3) is 0 Å². The van der Waals surface area contributed by atoms with Gasteiger partial charge in [-0.2, -0.15) is 8.78 Å². The van der Waals surface area contributed by atoms with Gasteiger partial charge in [0.25, 0.3) is 0 Å². The number of rotatable bonds is 10. The Morgan fingerprint density at radius 3 is 2.39 bits per heavy atom. The number of hydrogen-bond donors (Lipinski definition) is 3. The second kappa shape index (κ2) is 14.9. The third kappa shape index (κ3) is 12.4. The first-order valence-electron chi connectivity index (χ1n) is 9.84. The minimum Gasteiger partial charge on any atom is -0.490 e. The quantitative estimate of drug-likeness (QED) is 0.175. The molecule has 0 heterocycles. The number of halogens is 3. The Kier molecular flexibility index (Phi) is 13.9. The molecule has 0 aliphatic heterocycles. The Morgan fingerprint density at radius 1 is 1.13 bits per heavy atom. The zero-order chi connectivity index (χ0) is 22.6. The number of ether oxygens (including phenoxy) is 3. The molecule has 178 valence electrons. The third-order valence-corrected chi connectivity index (χ3v) is 3.40. The second-order valence-electron chi connectivity index (χ2n) is 7.11. The largest absolute Gasteiger partial charge is 0.490 e. The molecule has 0 bridgehead atoms. The number of alkyl halides is 2. The smallest absolute Gasteiger partial charge is 0.407 e. The van der Waals surface area contributed by atoms with Crippen LogP contribution >= 0.6 is 24.0 Å². The predicted octanol–water partition coefficient (Wildman–Crippen LogP) is 3.88. The Labute approximate surface area is 199 Å². The summed E-state index contributed by atoms with van der Waals surface area (Å²) in [7, 11) is 0. The molecule has 0 radical (unpaired) electrons. The lowest BCUT2D eigenvalue weighted by Crippen LogP contribution is -2.42. The molecular weight excluding hydrogens is 525 g/mol. The van der Waals surface area contributed by atoms with Crippen LogP contribution in [0.1, 0.15) is 40.2 Å². The number of para-hydroxylation sites is 1. The van der Waals surface area contributed by atoms with Crippen LogP contribution in [-0.2, 0) is 11.3 Å². The SMILES string of the molecule is CCNC(=NCc1cccc(OCC)c1OC(F)F)NCCNC(=O)OC(C)(C)C.I. The fraction of sp³-hybridized carbons (Fsp3) is 0.600. The van der Waals surface area contributed by atoms with Crippen molar-refractivity contribution in [3.05, 3.63) is 23.8 Å². The summed E-state index contributed by atoms with van der Waals surface area (Å²) in [5.74, 6) is 0.680. The van der Waals surface area contributed by atoms with Gasteiger partial charge < -0.3 is 30.2 Å². The summed E-state index contributed by atoms with van der Waals surface area (Å²) < 4.78 is 40.9. The van der Waals surface area contributed by atoms with Gasteiger partial charge in [-0.05, 0) is 40.7 Å². The molecule has 0 saturated heterocycles. The molecule has 0 aliphatic rings. The van der Waals surface area contributed by atoms with Crippen LogP contribution in [-0.4, -0.2) is 50.5 Å². The average molecular weight is 558 g/mol. The molecule has 0 unspecified atom stereocenters. The van der Waals surface area contributed by atoms with Crippen molar-refractivity contribution in [2.75, 3.05) is 26.2 Å². The molecule has 1 aromatic carbocycles. The van der Waals surface area contributed by atoms with Crippen LogP contribution in [0, 0.1) is 0 Å². The van der Waals surface area contributed by atoms with E-state index in [2.05, 4.69) is 25.7 Å². The number of amides is 1. The zero-order valence-electron chi connectivity index (χ0n) is 18.6. The van der Waals surface area contributed by atoms with Crippen LogP contribution in [0.5, 0.6) is 11.5 Å². The summed E-state index contributed by atoms with van der Waals surface area (Å²) in [6.45, 7) is 7.77. The fourth-order valence-electron chi connectivity index (χ4n) is 2.34. The summed E-state index contributed by atoms with van der Waals surface area (Å²) in [5.41, 5.74) is -0.104. The van der Waals surface area contributed by atoms with E-state index in [4.69, 9.17) is 9.47 Å². The number of hydrogen-bond acceptors (Lipinski definition) is 5. The number of nitrogens with zero attached hydrogens (tertiary/aromatic N) is 1. The molecule has 11 heteroatoms. The van der Waals surface area contributed by atoms with Crippen molar-refractivity contribution < 1.29 is 27.8 Å². The third-order valence-electron chi connectivity index (χ3n) is 3.40. The first-order valence-corrected chi connectivity index (χ1v) is 9.84. The van der Waals surface area contributed by atoms with Gasteiger partial charge in [0, 0.05) is 25.2 Å². The van der Waals surface area contributed by atoms with Gasteiger partial charge in [-0.1, -0.05) is 12.1 Å². The minimum absolute atomic E-state index is 0. The van der Waals surface area contributed by atoms with E-state index in [-0.39, 0.29) is 42.0 Å². The number of carbonyl (C=O) groups is 1. The maximum atomic E-state index is 12.8. The lowest BCUT2D eigenvalue weighted by Gasteiger charge is -2.20. The maximum absolute atomic E-state index is 12.8. The molecule has 1 amide bonds. The van der Waals surface area contributed by atoms with Crippen molar-refractivity contribution in [1.29, 1.82) is 0 Å². The molecule has 3 N–H and O–H groups in total. The van der Waals surface area contributed by atoms with E-state index in [1.54, 1.807) is 45.9 Å². The first-order chi connectivity index (χ1) is 14.2. The van der Waals surface area contributed by atoms with Crippen molar-refractivity contribution in [2.45, 2.75) is 53.4 Å². The second-order valence-corrected chi connectivity index (χ2v) is 7.11. The van der Waals surface area contributed by atoms with Gasteiger partial charge in [-0.15, -0.1) is 24.0 Å². The van der Waals surface area contributed by atoms with E-state index in [9.17, 15) is 13.6 Å². The Balaban J connectivity index is 0.00000900. The molecule has 0 saturated carbocycles. The summed E-state index contributed by atoms with van der Waals surface area (Å²) in [5, 5.41) is 8.75. The van der Waals surface area contributed by atoms with Crippen LogP contribution in [0.3, 0.4) is 0 Å². The van der Waals surface area contributed by atoms with Crippen molar-refractivity contribution in [1.82, 2.24) is 16.0 Å². The standard InChI is InChI=1S/C20H32F2N4O4.HI/c1-6-23-18(24-11-12-25-19(27)30-20(3,4)5)26-13-14-9-8-10-15(28-7-2)16(14)29-17(21)22;/h8-10,17H,6-7,11-13H2,1-5H3,(H,25,27)(H2,23,24,26);1H. The highest BCUT2D eigenvalue weighted by molar-refractivity contribution is 14.0. The first kappa shape index (κ1) is 28.9.